The van der Waals surface area contributed by atoms with Crippen molar-refractivity contribution in [2.24, 2.45) is 5.41 Å². The molecule has 3 rings (SSSR count). The van der Waals surface area contributed by atoms with Crippen LogP contribution >= 0.6 is 0 Å². The maximum absolute atomic E-state index is 10.8. The summed E-state index contributed by atoms with van der Waals surface area (Å²) < 4.78 is 5.95. The summed E-state index contributed by atoms with van der Waals surface area (Å²) in [7, 11) is 0. The number of benzene rings is 1. The van der Waals surface area contributed by atoms with Gasteiger partial charge in [-0.15, -0.1) is 0 Å². The normalized spacial score (nSPS) is 19.9. The summed E-state index contributed by atoms with van der Waals surface area (Å²) in [6, 6.07) is 8.15. The summed E-state index contributed by atoms with van der Waals surface area (Å²) in [4.78, 5) is 0. The van der Waals surface area contributed by atoms with E-state index in [2.05, 4.69) is 13.0 Å². The SMILES string of the molecule is CCC1(C(O)c2cc3cccc(C)c3o2)CCCC1. The lowest BCUT2D eigenvalue weighted by molar-refractivity contribution is 0.00876. The van der Waals surface area contributed by atoms with Crippen molar-refractivity contribution in [1.82, 2.24) is 0 Å². The fraction of sp³-hybridized carbons (Fsp3) is 0.529. The van der Waals surface area contributed by atoms with Gasteiger partial charge in [0.1, 0.15) is 17.4 Å². The molecule has 1 aromatic heterocycles. The van der Waals surface area contributed by atoms with Crippen LogP contribution in [0.25, 0.3) is 11.0 Å². The van der Waals surface area contributed by atoms with Crippen molar-refractivity contribution in [3.8, 4) is 0 Å². The summed E-state index contributed by atoms with van der Waals surface area (Å²) in [6.07, 6.45) is 5.23. The van der Waals surface area contributed by atoms with Gasteiger partial charge in [-0.1, -0.05) is 38.0 Å². The summed E-state index contributed by atoms with van der Waals surface area (Å²) in [6.45, 7) is 4.23. The number of hydrogen-bond donors (Lipinski definition) is 1. The lowest BCUT2D eigenvalue weighted by Gasteiger charge is -2.31. The monoisotopic (exact) mass is 258 g/mol. The number of aliphatic hydroxyl groups excluding tert-OH is 1. The van der Waals surface area contributed by atoms with Gasteiger partial charge in [0.2, 0.25) is 0 Å². The quantitative estimate of drug-likeness (QED) is 0.862. The molecule has 0 amide bonds. The fourth-order valence-corrected chi connectivity index (χ4v) is 3.56. The minimum absolute atomic E-state index is 0.0295. The van der Waals surface area contributed by atoms with E-state index < -0.39 is 6.10 Å². The minimum Gasteiger partial charge on any atom is -0.458 e. The highest BCUT2D eigenvalue weighted by Crippen LogP contribution is 2.50. The molecule has 1 heterocycles. The molecule has 1 atom stereocenters. The van der Waals surface area contributed by atoms with Gasteiger partial charge in [-0.2, -0.15) is 0 Å². The zero-order valence-corrected chi connectivity index (χ0v) is 11.8. The molecule has 1 unspecified atom stereocenters. The van der Waals surface area contributed by atoms with Gasteiger partial charge in [0.25, 0.3) is 0 Å². The van der Waals surface area contributed by atoms with Gasteiger partial charge in [-0.3, -0.25) is 0 Å². The highest BCUT2D eigenvalue weighted by Gasteiger charge is 2.41. The van der Waals surface area contributed by atoms with Crippen LogP contribution in [0.5, 0.6) is 0 Å². The molecule has 2 nitrogen and oxygen atoms in total. The maximum Gasteiger partial charge on any atom is 0.137 e. The Hall–Kier alpha value is -1.28. The first-order valence-corrected chi connectivity index (χ1v) is 7.33. The molecule has 0 aliphatic heterocycles. The number of hydrogen-bond acceptors (Lipinski definition) is 2. The van der Waals surface area contributed by atoms with Crippen molar-refractivity contribution < 1.29 is 9.52 Å². The molecular formula is C17H22O2. The molecular weight excluding hydrogens is 236 g/mol. The summed E-state index contributed by atoms with van der Waals surface area (Å²) in [5.74, 6) is 0.744. The van der Waals surface area contributed by atoms with Crippen LogP contribution in [0, 0.1) is 12.3 Å². The Bertz CT molecular complexity index is 576. The highest BCUT2D eigenvalue weighted by atomic mass is 16.4. The first-order chi connectivity index (χ1) is 9.16. The van der Waals surface area contributed by atoms with Crippen molar-refractivity contribution in [1.29, 1.82) is 0 Å². The number of aliphatic hydroxyl groups is 1. The average molecular weight is 258 g/mol. The van der Waals surface area contributed by atoms with Crippen molar-refractivity contribution in [3.05, 3.63) is 35.6 Å². The molecule has 1 fully saturated rings. The van der Waals surface area contributed by atoms with Crippen LogP contribution in [-0.4, -0.2) is 5.11 Å². The predicted molar refractivity (Wildman–Crippen MR) is 77.1 cm³/mol. The van der Waals surface area contributed by atoms with Crippen molar-refractivity contribution in [2.75, 3.05) is 0 Å². The van der Waals surface area contributed by atoms with Crippen molar-refractivity contribution >= 4 is 11.0 Å². The number of para-hydroxylation sites is 1. The molecule has 102 valence electrons. The van der Waals surface area contributed by atoms with E-state index in [0.717, 1.165) is 41.6 Å². The van der Waals surface area contributed by atoms with Crippen molar-refractivity contribution in [3.63, 3.8) is 0 Å². The van der Waals surface area contributed by atoms with Crippen LogP contribution in [0.4, 0.5) is 0 Å². The van der Waals surface area contributed by atoms with E-state index in [4.69, 9.17) is 4.42 Å². The standard InChI is InChI=1S/C17H22O2/c1-3-17(9-4-5-10-17)16(18)14-11-13-8-6-7-12(2)15(13)19-14/h6-8,11,16,18H,3-5,9-10H2,1-2H3. The summed E-state index contributed by atoms with van der Waals surface area (Å²) >= 11 is 0. The van der Waals surface area contributed by atoms with E-state index in [1.54, 1.807) is 0 Å². The molecule has 0 spiro atoms. The summed E-state index contributed by atoms with van der Waals surface area (Å²) in [5, 5.41) is 11.9. The Kier molecular flexibility index (Phi) is 3.14. The Morgan fingerprint density at radius 1 is 1.32 bits per heavy atom. The molecule has 0 bridgehead atoms. The Balaban J connectivity index is 2.01. The number of aryl methyl sites for hydroxylation is 1. The number of fused-ring (bicyclic) bond motifs is 1. The van der Waals surface area contributed by atoms with Gasteiger partial charge in [0.05, 0.1) is 0 Å². The third kappa shape index (κ3) is 1.99. The lowest BCUT2D eigenvalue weighted by Crippen LogP contribution is -2.24. The zero-order valence-electron chi connectivity index (χ0n) is 11.8. The van der Waals surface area contributed by atoms with Gasteiger partial charge in [0, 0.05) is 10.8 Å². The van der Waals surface area contributed by atoms with E-state index in [9.17, 15) is 5.11 Å². The highest BCUT2D eigenvalue weighted by molar-refractivity contribution is 5.80. The van der Waals surface area contributed by atoms with Crippen LogP contribution < -0.4 is 0 Å². The van der Waals surface area contributed by atoms with Crippen LogP contribution in [0.15, 0.2) is 28.7 Å². The smallest absolute Gasteiger partial charge is 0.137 e. The molecule has 1 aliphatic rings. The molecule has 0 radical (unpaired) electrons. The third-order valence-electron chi connectivity index (χ3n) is 4.91. The second-order valence-electron chi connectivity index (χ2n) is 5.97. The van der Waals surface area contributed by atoms with Crippen LogP contribution in [-0.2, 0) is 0 Å². The van der Waals surface area contributed by atoms with Gasteiger partial charge in [-0.25, -0.2) is 0 Å². The Morgan fingerprint density at radius 2 is 2.05 bits per heavy atom. The third-order valence-corrected chi connectivity index (χ3v) is 4.91. The molecule has 2 heteroatoms. The maximum atomic E-state index is 10.8. The van der Waals surface area contributed by atoms with Crippen LogP contribution in [0.3, 0.4) is 0 Å². The van der Waals surface area contributed by atoms with E-state index in [1.807, 2.05) is 25.1 Å². The van der Waals surface area contributed by atoms with Crippen LogP contribution in [0.2, 0.25) is 0 Å². The molecule has 19 heavy (non-hydrogen) atoms. The average Bonchev–Trinajstić information content (AvgIpc) is 3.06. The van der Waals surface area contributed by atoms with E-state index in [-0.39, 0.29) is 5.41 Å². The number of rotatable bonds is 3. The first kappa shape index (κ1) is 12.7. The Labute approximate surface area is 114 Å². The number of furan rings is 1. The van der Waals surface area contributed by atoms with Gasteiger partial charge in [0.15, 0.2) is 0 Å². The molecule has 2 aromatic rings. The van der Waals surface area contributed by atoms with Gasteiger partial charge >= 0.3 is 0 Å². The van der Waals surface area contributed by atoms with E-state index >= 15 is 0 Å². The minimum atomic E-state index is -0.466. The molecule has 1 saturated carbocycles. The van der Waals surface area contributed by atoms with Gasteiger partial charge in [-0.05, 0) is 37.8 Å². The topological polar surface area (TPSA) is 33.4 Å². The summed E-state index contributed by atoms with van der Waals surface area (Å²) in [5.41, 5.74) is 2.08. The molecule has 0 saturated heterocycles. The second kappa shape index (κ2) is 4.68. The van der Waals surface area contributed by atoms with E-state index in [1.165, 1.54) is 12.8 Å². The molecule has 1 aromatic carbocycles. The van der Waals surface area contributed by atoms with Gasteiger partial charge < -0.3 is 9.52 Å². The molecule has 1 aliphatic carbocycles. The lowest BCUT2D eigenvalue weighted by atomic mass is 9.77. The molecule has 1 N–H and O–H groups in total. The first-order valence-electron chi connectivity index (χ1n) is 7.33. The van der Waals surface area contributed by atoms with Crippen LogP contribution in [0.1, 0.15) is 56.5 Å². The predicted octanol–water partition coefficient (Wildman–Crippen LogP) is 4.75. The van der Waals surface area contributed by atoms with Crippen molar-refractivity contribution in [2.45, 2.75) is 52.1 Å². The second-order valence-corrected chi connectivity index (χ2v) is 5.97. The Morgan fingerprint density at radius 3 is 2.68 bits per heavy atom. The zero-order chi connectivity index (χ0) is 13.5. The van der Waals surface area contributed by atoms with E-state index in [0.29, 0.717) is 0 Å². The largest absolute Gasteiger partial charge is 0.458 e. The fourth-order valence-electron chi connectivity index (χ4n) is 3.56.